The molecule has 2 atom stereocenters. The van der Waals surface area contributed by atoms with Gasteiger partial charge in [0.1, 0.15) is 6.04 Å². The van der Waals surface area contributed by atoms with Crippen LogP contribution in [0.1, 0.15) is 33.9 Å². The largest absolute Gasteiger partial charge is 0.340 e. The first kappa shape index (κ1) is 18.8. The first-order valence-electron chi connectivity index (χ1n) is 8.65. The summed E-state index contributed by atoms with van der Waals surface area (Å²) in [5, 5.41) is 4.61. The summed E-state index contributed by atoms with van der Waals surface area (Å²) in [6.45, 7) is 1.70. The summed E-state index contributed by atoms with van der Waals surface area (Å²) in [6.07, 6.45) is 1.71. The van der Waals surface area contributed by atoms with Crippen molar-refractivity contribution in [1.29, 1.82) is 0 Å². The van der Waals surface area contributed by atoms with Crippen LogP contribution in [0, 0.1) is 0 Å². The highest BCUT2D eigenvalue weighted by Crippen LogP contribution is 2.26. The number of nitrogens with zero attached hydrogens (tertiary/aromatic N) is 2. The molecule has 2 amide bonds. The maximum atomic E-state index is 13.0. The van der Waals surface area contributed by atoms with Crippen molar-refractivity contribution >= 4 is 23.2 Å². The number of hydrogen-bond donors (Lipinski definition) is 1. The van der Waals surface area contributed by atoms with Crippen LogP contribution < -0.4 is 5.32 Å². The van der Waals surface area contributed by atoms with Crippen LogP contribution in [0.4, 0.5) is 0 Å². The van der Waals surface area contributed by atoms with Gasteiger partial charge in [-0.1, -0.05) is 42.5 Å². The number of carbonyl (C=O) groups is 2. The molecular formula is C21H21N3O2S. The third kappa shape index (κ3) is 4.41. The van der Waals surface area contributed by atoms with Crippen LogP contribution in [-0.2, 0) is 4.79 Å². The molecule has 1 aromatic carbocycles. The van der Waals surface area contributed by atoms with Crippen LogP contribution in [0.5, 0.6) is 0 Å². The summed E-state index contributed by atoms with van der Waals surface area (Å²) in [5.74, 6) is -0.423. The number of thiophene rings is 1. The van der Waals surface area contributed by atoms with Crippen LogP contribution in [0.2, 0.25) is 0 Å². The molecule has 5 nitrogen and oxygen atoms in total. The summed E-state index contributed by atoms with van der Waals surface area (Å²) in [7, 11) is 1.74. The molecule has 138 valence electrons. The van der Waals surface area contributed by atoms with Gasteiger partial charge in [0, 0.05) is 13.2 Å². The fourth-order valence-corrected chi connectivity index (χ4v) is 3.56. The van der Waals surface area contributed by atoms with E-state index in [0.29, 0.717) is 4.88 Å². The van der Waals surface area contributed by atoms with E-state index in [1.54, 1.807) is 31.1 Å². The van der Waals surface area contributed by atoms with Gasteiger partial charge in [-0.3, -0.25) is 14.6 Å². The Bertz CT molecular complexity index is 843. The van der Waals surface area contributed by atoms with E-state index in [1.165, 1.54) is 11.3 Å². The fourth-order valence-electron chi connectivity index (χ4n) is 2.94. The number of rotatable bonds is 6. The molecule has 1 N–H and O–H groups in total. The van der Waals surface area contributed by atoms with Gasteiger partial charge in [-0.05, 0) is 36.1 Å². The van der Waals surface area contributed by atoms with E-state index in [0.717, 1.165) is 11.3 Å². The molecule has 0 unspecified atom stereocenters. The molecular weight excluding hydrogens is 358 g/mol. The van der Waals surface area contributed by atoms with E-state index in [4.69, 9.17) is 0 Å². The second kappa shape index (κ2) is 8.60. The average molecular weight is 379 g/mol. The first-order chi connectivity index (χ1) is 13.1. The Hall–Kier alpha value is -2.99. The zero-order valence-electron chi connectivity index (χ0n) is 15.2. The molecule has 0 saturated carbocycles. The quantitative estimate of drug-likeness (QED) is 0.713. The van der Waals surface area contributed by atoms with E-state index in [2.05, 4.69) is 10.3 Å². The number of hydrogen-bond acceptors (Lipinski definition) is 4. The highest BCUT2D eigenvalue weighted by Gasteiger charge is 2.28. The van der Waals surface area contributed by atoms with Crippen molar-refractivity contribution in [2.75, 3.05) is 7.05 Å². The number of carbonyl (C=O) groups excluding carboxylic acids is 2. The molecule has 6 heteroatoms. The van der Waals surface area contributed by atoms with E-state index in [9.17, 15) is 9.59 Å². The molecule has 2 heterocycles. The Morgan fingerprint density at radius 2 is 1.78 bits per heavy atom. The van der Waals surface area contributed by atoms with E-state index in [1.807, 2.05) is 60.0 Å². The van der Waals surface area contributed by atoms with E-state index in [-0.39, 0.29) is 17.9 Å². The monoisotopic (exact) mass is 379 g/mol. The Labute approximate surface area is 162 Å². The molecule has 0 saturated heterocycles. The minimum Gasteiger partial charge on any atom is -0.340 e. The van der Waals surface area contributed by atoms with Crippen LogP contribution in [0.25, 0.3) is 0 Å². The topological polar surface area (TPSA) is 62.3 Å². The normalized spacial score (nSPS) is 12.8. The molecule has 0 spiro atoms. The molecule has 0 aliphatic carbocycles. The lowest BCUT2D eigenvalue weighted by Gasteiger charge is -2.30. The maximum Gasteiger partial charge on any atom is 0.261 e. The van der Waals surface area contributed by atoms with Gasteiger partial charge in [0.05, 0.1) is 16.6 Å². The Morgan fingerprint density at radius 1 is 1.04 bits per heavy atom. The van der Waals surface area contributed by atoms with Crippen molar-refractivity contribution in [1.82, 2.24) is 15.2 Å². The van der Waals surface area contributed by atoms with Gasteiger partial charge in [-0.25, -0.2) is 0 Å². The first-order valence-corrected chi connectivity index (χ1v) is 9.53. The molecule has 2 aromatic heterocycles. The van der Waals surface area contributed by atoms with Gasteiger partial charge in [0.15, 0.2) is 0 Å². The number of benzene rings is 1. The minimum absolute atomic E-state index is 0.181. The molecule has 0 fully saturated rings. The summed E-state index contributed by atoms with van der Waals surface area (Å²) in [4.78, 5) is 32.0. The van der Waals surface area contributed by atoms with Gasteiger partial charge < -0.3 is 10.2 Å². The lowest BCUT2D eigenvalue weighted by atomic mass is 10.0. The molecule has 3 rings (SSSR count). The van der Waals surface area contributed by atoms with Crippen molar-refractivity contribution in [2.45, 2.75) is 19.0 Å². The third-order valence-corrected chi connectivity index (χ3v) is 5.15. The average Bonchev–Trinajstić information content (AvgIpc) is 3.24. The summed E-state index contributed by atoms with van der Waals surface area (Å²) in [5.41, 5.74) is 1.74. The van der Waals surface area contributed by atoms with Crippen LogP contribution in [0.3, 0.4) is 0 Å². The molecule has 0 radical (unpaired) electrons. The fraction of sp³-hybridized carbons (Fsp3) is 0.190. The van der Waals surface area contributed by atoms with Crippen molar-refractivity contribution in [3.8, 4) is 0 Å². The lowest BCUT2D eigenvalue weighted by Crippen LogP contribution is -2.46. The minimum atomic E-state index is -0.653. The summed E-state index contributed by atoms with van der Waals surface area (Å²) >= 11 is 1.35. The number of amides is 2. The zero-order chi connectivity index (χ0) is 19.2. The van der Waals surface area contributed by atoms with Crippen LogP contribution in [0.15, 0.2) is 72.2 Å². The third-order valence-electron chi connectivity index (χ3n) is 4.28. The smallest absolute Gasteiger partial charge is 0.261 e. The standard InChI is InChI=1S/C21H21N3O2S/c1-15(23-20(25)18-12-8-14-27-18)21(26)24(2)19(16-9-4-3-5-10-16)17-11-6-7-13-22-17/h3-15,19H,1-2H3,(H,23,25)/t15-,19+/m0/s1. The van der Waals surface area contributed by atoms with E-state index < -0.39 is 6.04 Å². The van der Waals surface area contributed by atoms with Gasteiger partial charge in [-0.2, -0.15) is 0 Å². The zero-order valence-corrected chi connectivity index (χ0v) is 16.0. The van der Waals surface area contributed by atoms with Gasteiger partial charge in [0.25, 0.3) is 5.91 Å². The van der Waals surface area contributed by atoms with Gasteiger partial charge >= 0.3 is 0 Å². The van der Waals surface area contributed by atoms with E-state index >= 15 is 0 Å². The van der Waals surface area contributed by atoms with Gasteiger partial charge in [0.2, 0.25) is 5.91 Å². The number of aromatic nitrogens is 1. The second-order valence-electron chi connectivity index (χ2n) is 6.19. The predicted molar refractivity (Wildman–Crippen MR) is 107 cm³/mol. The van der Waals surface area contributed by atoms with Crippen molar-refractivity contribution in [3.05, 3.63) is 88.4 Å². The summed E-state index contributed by atoms with van der Waals surface area (Å²) < 4.78 is 0. The van der Waals surface area contributed by atoms with Crippen molar-refractivity contribution < 1.29 is 9.59 Å². The molecule has 3 aromatic rings. The number of pyridine rings is 1. The Kier molecular flexibility index (Phi) is 5.98. The highest BCUT2D eigenvalue weighted by atomic mass is 32.1. The highest BCUT2D eigenvalue weighted by molar-refractivity contribution is 7.12. The van der Waals surface area contributed by atoms with Crippen LogP contribution in [-0.4, -0.2) is 34.8 Å². The van der Waals surface area contributed by atoms with Gasteiger partial charge in [-0.15, -0.1) is 11.3 Å². The summed E-state index contributed by atoms with van der Waals surface area (Å²) in [6, 6.07) is 18.0. The maximum absolute atomic E-state index is 13.0. The predicted octanol–water partition coefficient (Wildman–Crippen LogP) is 3.51. The molecule has 27 heavy (non-hydrogen) atoms. The van der Waals surface area contributed by atoms with Crippen LogP contribution >= 0.6 is 11.3 Å². The number of nitrogens with one attached hydrogen (secondary N) is 1. The number of likely N-dealkylation sites (N-methyl/N-ethyl adjacent to an activating group) is 1. The second-order valence-corrected chi connectivity index (χ2v) is 7.14. The lowest BCUT2D eigenvalue weighted by molar-refractivity contribution is -0.133. The van der Waals surface area contributed by atoms with Crippen molar-refractivity contribution in [3.63, 3.8) is 0 Å². The Balaban J connectivity index is 1.82. The van der Waals surface area contributed by atoms with Crippen molar-refractivity contribution in [2.24, 2.45) is 0 Å². The molecule has 0 bridgehead atoms. The Morgan fingerprint density at radius 3 is 2.41 bits per heavy atom. The molecule has 0 aliphatic rings. The molecule has 0 aliphatic heterocycles. The SMILES string of the molecule is C[C@H](NC(=O)c1cccs1)C(=O)N(C)[C@H](c1ccccc1)c1ccccn1.